The van der Waals surface area contributed by atoms with Gasteiger partial charge in [-0.3, -0.25) is 14.4 Å². The Morgan fingerprint density at radius 1 is 1.22 bits per heavy atom. The fraction of sp³-hybridized carbons (Fsp3) is 0.550. The summed E-state index contributed by atoms with van der Waals surface area (Å²) in [5.74, 6) is -0.835. The van der Waals surface area contributed by atoms with Gasteiger partial charge in [0.1, 0.15) is 5.82 Å². The number of carbonyl (C=O) groups excluding carboxylic acids is 1. The molecule has 174 valence electrons. The first kappa shape index (κ1) is 23.1. The van der Waals surface area contributed by atoms with Crippen molar-refractivity contribution in [3.63, 3.8) is 0 Å². The SMILES string of the molecule is Cn1cc(S(=O)(=O)N2CCN(C3(CNC(=O)c4ccc(F)cc4Cl)CCCC3)CC2)nn1. The largest absolute Gasteiger partial charge is 0.350 e. The minimum atomic E-state index is -3.68. The molecule has 0 radical (unpaired) electrons. The van der Waals surface area contributed by atoms with Crippen LogP contribution in [0.15, 0.2) is 29.4 Å². The minimum absolute atomic E-state index is 0.0486. The molecule has 1 aliphatic carbocycles. The molecule has 0 atom stereocenters. The molecule has 1 aliphatic heterocycles. The van der Waals surface area contributed by atoms with Crippen LogP contribution in [0, 0.1) is 5.82 Å². The lowest BCUT2D eigenvalue weighted by atomic mass is 9.93. The van der Waals surface area contributed by atoms with Gasteiger partial charge in [-0.1, -0.05) is 29.7 Å². The van der Waals surface area contributed by atoms with Crippen molar-refractivity contribution in [2.75, 3.05) is 32.7 Å². The van der Waals surface area contributed by atoms with Crippen molar-refractivity contribution in [2.45, 2.75) is 36.2 Å². The maximum absolute atomic E-state index is 13.3. The molecular weight excluding hydrogens is 459 g/mol. The van der Waals surface area contributed by atoms with E-state index in [9.17, 15) is 17.6 Å². The van der Waals surface area contributed by atoms with Gasteiger partial charge < -0.3 is 5.32 Å². The fourth-order valence-electron chi connectivity index (χ4n) is 4.63. The first-order valence-corrected chi connectivity index (χ1v) is 12.4. The normalized spacial score (nSPS) is 19.8. The Bertz CT molecular complexity index is 1090. The topological polar surface area (TPSA) is 100 Å². The van der Waals surface area contributed by atoms with Gasteiger partial charge >= 0.3 is 0 Å². The lowest BCUT2D eigenvalue weighted by molar-refractivity contribution is 0.0539. The van der Waals surface area contributed by atoms with Gasteiger partial charge in [0.25, 0.3) is 15.9 Å². The van der Waals surface area contributed by atoms with Crippen molar-refractivity contribution in [3.05, 3.63) is 40.8 Å². The number of hydrogen-bond donors (Lipinski definition) is 1. The maximum atomic E-state index is 13.3. The van der Waals surface area contributed by atoms with E-state index in [1.807, 2.05) is 0 Å². The highest BCUT2D eigenvalue weighted by Gasteiger charge is 2.42. The van der Waals surface area contributed by atoms with E-state index in [-0.39, 0.29) is 27.1 Å². The second kappa shape index (κ2) is 9.05. The van der Waals surface area contributed by atoms with Crippen LogP contribution in [0.4, 0.5) is 4.39 Å². The second-order valence-electron chi connectivity index (χ2n) is 8.36. The number of rotatable bonds is 6. The zero-order valence-electron chi connectivity index (χ0n) is 17.8. The highest BCUT2D eigenvalue weighted by molar-refractivity contribution is 7.89. The Morgan fingerprint density at radius 3 is 2.50 bits per heavy atom. The maximum Gasteiger partial charge on any atom is 0.264 e. The molecule has 1 aromatic heterocycles. The third-order valence-electron chi connectivity index (χ3n) is 6.38. The van der Waals surface area contributed by atoms with Gasteiger partial charge in [0.15, 0.2) is 0 Å². The molecule has 12 heteroatoms. The van der Waals surface area contributed by atoms with Gasteiger partial charge in [0.05, 0.1) is 16.8 Å². The summed E-state index contributed by atoms with van der Waals surface area (Å²) < 4.78 is 41.8. The zero-order chi connectivity index (χ0) is 22.9. The monoisotopic (exact) mass is 484 g/mol. The first-order valence-electron chi connectivity index (χ1n) is 10.6. The number of amides is 1. The van der Waals surface area contributed by atoms with E-state index in [1.54, 1.807) is 7.05 Å². The number of benzene rings is 1. The Kier molecular flexibility index (Phi) is 6.53. The van der Waals surface area contributed by atoms with Crippen LogP contribution >= 0.6 is 11.6 Å². The van der Waals surface area contributed by atoms with Crippen LogP contribution < -0.4 is 5.32 Å². The number of aromatic nitrogens is 3. The molecule has 2 aromatic rings. The molecule has 2 heterocycles. The van der Waals surface area contributed by atoms with Gasteiger partial charge in [0, 0.05) is 45.3 Å². The van der Waals surface area contributed by atoms with E-state index in [0.717, 1.165) is 31.7 Å². The van der Waals surface area contributed by atoms with Crippen molar-refractivity contribution < 1.29 is 17.6 Å². The first-order chi connectivity index (χ1) is 15.2. The summed E-state index contributed by atoms with van der Waals surface area (Å²) in [5.41, 5.74) is 0.00555. The molecule has 9 nitrogen and oxygen atoms in total. The van der Waals surface area contributed by atoms with Crippen molar-refractivity contribution in [1.29, 1.82) is 0 Å². The van der Waals surface area contributed by atoms with Crippen LogP contribution in [-0.2, 0) is 17.1 Å². The van der Waals surface area contributed by atoms with Gasteiger partial charge in [0.2, 0.25) is 5.03 Å². The van der Waals surface area contributed by atoms with E-state index in [1.165, 1.54) is 27.3 Å². The number of sulfonamides is 1. The predicted molar refractivity (Wildman–Crippen MR) is 116 cm³/mol. The quantitative estimate of drug-likeness (QED) is 0.669. The molecule has 0 unspecified atom stereocenters. The van der Waals surface area contributed by atoms with Crippen LogP contribution in [0.3, 0.4) is 0 Å². The Labute approximate surface area is 191 Å². The number of carbonyl (C=O) groups is 1. The molecule has 1 saturated heterocycles. The summed E-state index contributed by atoms with van der Waals surface area (Å²) in [4.78, 5) is 14.9. The standard InChI is InChI=1S/C20H26ClFN6O3S/c1-26-13-18(24-25-26)32(30,31)28-10-8-27(9-11-28)20(6-2-3-7-20)14-23-19(29)16-5-4-15(22)12-17(16)21/h4-5,12-13H,2-3,6-11,14H2,1H3,(H,23,29). The van der Waals surface area contributed by atoms with Crippen LogP contribution in [0.2, 0.25) is 5.02 Å². The molecule has 2 aliphatic rings. The molecule has 1 aromatic carbocycles. The summed E-state index contributed by atoms with van der Waals surface area (Å²) in [6.45, 7) is 2.24. The van der Waals surface area contributed by atoms with E-state index in [0.29, 0.717) is 32.7 Å². The smallest absolute Gasteiger partial charge is 0.264 e. The molecule has 1 amide bonds. The van der Waals surface area contributed by atoms with Crippen LogP contribution in [0.5, 0.6) is 0 Å². The lowest BCUT2D eigenvalue weighted by Gasteiger charge is -2.45. The highest BCUT2D eigenvalue weighted by Crippen LogP contribution is 2.36. The molecule has 0 bridgehead atoms. The second-order valence-corrected chi connectivity index (χ2v) is 10.7. The molecule has 4 rings (SSSR count). The summed E-state index contributed by atoms with van der Waals surface area (Å²) in [6, 6.07) is 3.71. The van der Waals surface area contributed by atoms with E-state index in [4.69, 9.17) is 11.6 Å². The Hall–Kier alpha value is -2.08. The third kappa shape index (κ3) is 4.52. The van der Waals surface area contributed by atoms with Gasteiger partial charge in [-0.05, 0) is 31.0 Å². The number of nitrogens with zero attached hydrogens (tertiary/aromatic N) is 5. The van der Waals surface area contributed by atoms with E-state index >= 15 is 0 Å². The number of hydrogen-bond acceptors (Lipinski definition) is 6. The number of piperazine rings is 1. The molecule has 2 fully saturated rings. The van der Waals surface area contributed by atoms with Gasteiger partial charge in [-0.25, -0.2) is 12.8 Å². The average Bonchev–Trinajstić information content (AvgIpc) is 3.42. The van der Waals surface area contributed by atoms with Crippen LogP contribution in [0.1, 0.15) is 36.0 Å². The summed E-state index contributed by atoms with van der Waals surface area (Å²) in [5, 5.41) is 10.5. The van der Waals surface area contributed by atoms with Crippen molar-refractivity contribution >= 4 is 27.5 Å². The molecule has 32 heavy (non-hydrogen) atoms. The molecule has 1 N–H and O–H groups in total. The minimum Gasteiger partial charge on any atom is -0.350 e. The average molecular weight is 485 g/mol. The Morgan fingerprint density at radius 2 is 1.91 bits per heavy atom. The highest BCUT2D eigenvalue weighted by atomic mass is 35.5. The number of nitrogens with one attached hydrogen (secondary N) is 1. The van der Waals surface area contributed by atoms with Crippen molar-refractivity contribution in [2.24, 2.45) is 7.05 Å². The number of aryl methyl sites for hydroxylation is 1. The summed E-state index contributed by atoms with van der Waals surface area (Å²) >= 11 is 6.03. The molecular formula is C20H26ClFN6O3S. The van der Waals surface area contributed by atoms with E-state index < -0.39 is 15.8 Å². The molecule has 1 saturated carbocycles. The predicted octanol–water partition coefficient (Wildman–Crippen LogP) is 1.66. The van der Waals surface area contributed by atoms with Crippen molar-refractivity contribution in [3.8, 4) is 0 Å². The van der Waals surface area contributed by atoms with Crippen LogP contribution in [-0.4, -0.2) is 76.8 Å². The number of halogens is 2. The van der Waals surface area contributed by atoms with E-state index in [2.05, 4.69) is 20.5 Å². The van der Waals surface area contributed by atoms with Crippen LogP contribution in [0.25, 0.3) is 0 Å². The summed E-state index contributed by atoms with van der Waals surface area (Å²) in [6.07, 6.45) is 5.33. The van der Waals surface area contributed by atoms with Gasteiger partial charge in [-0.2, -0.15) is 4.31 Å². The molecule has 0 spiro atoms. The zero-order valence-corrected chi connectivity index (χ0v) is 19.4. The van der Waals surface area contributed by atoms with Crippen molar-refractivity contribution in [1.82, 2.24) is 29.5 Å². The summed E-state index contributed by atoms with van der Waals surface area (Å²) in [7, 11) is -2.05. The lowest BCUT2D eigenvalue weighted by Crippen LogP contribution is -2.60. The fourth-order valence-corrected chi connectivity index (χ4v) is 6.22. The van der Waals surface area contributed by atoms with Gasteiger partial charge in [-0.15, -0.1) is 5.10 Å². The third-order valence-corrected chi connectivity index (χ3v) is 8.46. The Balaban J connectivity index is 1.41.